The zero-order chi connectivity index (χ0) is 14.5. The molecule has 1 atom stereocenters. The molecule has 1 N–H and O–H groups in total. The maximum absolute atomic E-state index is 12.4. The van der Waals surface area contributed by atoms with Crippen LogP contribution in [0.25, 0.3) is 0 Å². The van der Waals surface area contributed by atoms with E-state index in [0.717, 1.165) is 16.9 Å². The van der Waals surface area contributed by atoms with E-state index in [9.17, 15) is 4.79 Å². The van der Waals surface area contributed by atoms with Crippen LogP contribution in [0.5, 0.6) is 0 Å². The molecule has 0 bridgehead atoms. The van der Waals surface area contributed by atoms with E-state index < -0.39 is 0 Å². The fraction of sp³-hybridized carbons (Fsp3) is 0.533. The van der Waals surface area contributed by atoms with Crippen LogP contribution in [0.4, 0.5) is 0 Å². The van der Waals surface area contributed by atoms with Gasteiger partial charge in [0.15, 0.2) is 0 Å². The molecule has 1 amide bonds. The normalized spacial score (nSPS) is 13.1. The van der Waals surface area contributed by atoms with Crippen LogP contribution in [-0.2, 0) is 0 Å². The summed E-state index contributed by atoms with van der Waals surface area (Å²) in [6, 6.07) is 7.74. The fourth-order valence-electron chi connectivity index (χ4n) is 1.90. The van der Waals surface area contributed by atoms with E-state index in [-0.39, 0.29) is 17.4 Å². The Balaban J connectivity index is 2.88. The molecule has 0 fully saturated rings. The van der Waals surface area contributed by atoms with Crippen molar-refractivity contribution in [2.45, 2.75) is 38.1 Å². The summed E-state index contributed by atoms with van der Waals surface area (Å²) in [6.45, 7) is 6.35. The minimum absolute atomic E-state index is 0.00114. The Morgan fingerprint density at radius 1 is 1.37 bits per heavy atom. The van der Waals surface area contributed by atoms with Crippen molar-refractivity contribution < 1.29 is 4.79 Å². The summed E-state index contributed by atoms with van der Waals surface area (Å²) in [7, 11) is 0. The van der Waals surface area contributed by atoms with E-state index in [2.05, 4.69) is 26.1 Å². The molecule has 1 rings (SSSR count). The van der Waals surface area contributed by atoms with Gasteiger partial charge < -0.3 is 5.32 Å². The van der Waals surface area contributed by atoms with E-state index in [0.29, 0.717) is 5.88 Å². The van der Waals surface area contributed by atoms with Gasteiger partial charge >= 0.3 is 0 Å². The molecule has 1 unspecified atom stereocenters. The molecule has 0 saturated heterocycles. The Kier molecular flexibility index (Phi) is 6.21. The van der Waals surface area contributed by atoms with E-state index in [1.165, 1.54) is 0 Å². The maximum atomic E-state index is 12.4. The van der Waals surface area contributed by atoms with E-state index in [1.807, 2.05) is 30.5 Å². The third kappa shape index (κ3) is 4.73. The number of benzene rings is 1. The fourth-order valence-corrected chi connectivity index (χ4v) is 2.71. The van der Waals surface area contributed by atoms with Crippen molar-refractivity contribution in [3.8, 4) is 0 Å². The third-order valence-corrected chi connectivity index (χ3v) is 4.11. The lowest BCUT2D eigenvalue weighted by atomic mass is 9.85. The molecule has 2 nitrogen and oxygen atoms in total. The summed E-state index contributed by atoms with van der Waals surface area (Å²) in [5.41, 5.74) is 0.734. The SMILES string of the molecule is CSc1ccccc1C(=O)NC(CCCl)C(C)(C)C. The number of rotatable bonds is 5. The number of halogens is 1. The van der Waals surface area contributed by atoms with Crippen LogP contribution in [0.2, 0.25) is 0 Å². The molecule has 0 aliphatic rings. The average molecular weight is 300 g/mol. The first-order valence-corrected chi connectivity index (χ1v) is 8.16. The van der Waals surface area contributed by atoms with Crippen molar-refractivity contribution in [1.29, 1.82) is 0 Å². The smallest absolute Gasteiger partial charge is 0.252 e. The number of alkyl halides is 1. The summed E-state index contributed by atoms with van der Waals surface area (Å²) in [5, 5.41) is 3.11. The van der Waals surface area contributed by atoms with Gasteiger partial charge in [0, 0.05) is 16.8 Å². The second kappa shape index (κ2) is 7.20. The molecule has 4 heteroatoms. The molecule has 0 spiro atoms. The highest BCUT2D eigenvalue weighted by Crippen LogP contribution is 2.24. The Hall–Kier alpha value is -0.670. The topological polar surface area (TPSA) is 29.1 Å². The first-order chi connectivity index (χ1) is 8.90. The molecule has 0 aliphatic heterocycles. The van der Waals surface area contributed by atoms with Crippen molar-refractivity contribution in [1.82, 2.24) is 5.32 Å². The van der Waals surface area contributed by atoms with Crippen molar-refractivity contribution in [2.24, 2.45) is 5.41 Å². The van der Waals surface area contributed by atoms with Gasteiger partial charge in [-0.3, -0.25) is 4.79 Å². The summed E-state index contributed by atoms with van der Waals surface area (Å²) in [5.74, 6) is 0.529. The van der Waals surface area contributed by atoms with Crippen molar-refractivity contribution in [2.75, 3.05) is 12.1 Å². The molecule has 0 radical (unpaired) electrons. The Morgan fingerprint density at radius 2 is 2.00 bits per heavy atom. The quantitative estimate of drug-likeness (QED) is 0.653. The number of hydrogen-bond acceptors (Lipinski definition) is 2. The molecule has 1 aromatic carbocycles. The van der Waals surface area contributed by atoms with Crippen LogP contribution in [0.1, 0.15) is 37.6 Å². The van der Waals surface area contributed by atoms with Crippen molar-refractivity contribution in [3.63, 3.8) is 0 Å². The van der Waals surface area contributed by atoms with Crippen molar-refractivity contribution >= 4 is 29.3 Å². The second-order valence-electron chi connectivity index (χ2n) is 5.57. The van der Waals surface area contributed by atoms with Gasteiger partial charge in [-0.15, -0.1) is 23.4 Å². The lowest BCUT2D eigenvalue weighted by Crippen LogP contribution is -2.44. The highest BCUT2D eigenvalue weighted by molar-refractivity contribution is 7.98. The molecule has 19 heavy (non-hydrogen) atoms. The van der Waals surface area contributed by atoms with Crippen molar-refractivity contribution in [3.05, 3.63) is 29.8 Å². The standard InChI is InChI=1S/C15H22ClNOS/c1-15(2,3)13(9-10-16)17-14(18)11-7-5-6-8-12(11)19-4/h5-8,13H,9-10H2,1-4H3,(H,17,18). The van der Waals surface area contributed by atoms with Gasteiger partial charge in [0.05, 0.1) is 5.56 Å². The molecular weight excluding hydrogens is 278 g/mol. The summed E-state index contributed by atoms with van der Waals surface area (Å²) < 4.78 is 0. The first-order valence-electron chi connectivity index (χ1n) is 6.40. The molecule has 0 saturated carbocycles. The van der Waals surface area contributed by atoms with Gasteiger partial charge in [0.1, 0.15) is 0 Å². The van der Waals surface area contributed by atoms with Crippen LogP contribution >= 0.6 is 23.4 Å². The van der Waals surface area contributed by atoms with Gasteiger partial charge in [-0.05, 0) is 30.2 Å². The molecule has 106 valence electrons. The highest BCUT2D eigenvalue weighted by Gasteiger charge is 2.26. The Bertz CT molecular complexity index is 428. The number of carbonyl (C=O) groups excluding carboxylic acids is 1. The van der Waals surface area contributed by atoms with Gasteiger partial charge in [0.25, 0.3) is 5.91 Å². The van der Waals surface area contributed by atoms with Crippen LogP contribution < -0.4 is 5.32 Å². The number of carbonyl (C=O) groups is 1. The third-order valence-electron chi connectivity index (χ3n) is 3.10. The molecular formula is C15H22ClNOS. The van der Waals surface area contributed by atoms with Gasteiger partial charge in [-0.1, -0.05) is 32.9 Å². The molecule has 0 aromatic heterocycles. The lowest BCUT2D eigenvalue weighted by Gasteiger charge is -2.31. The van der Waals surface area contributed by atoms with Crippen LogP contribution in [0.15, 0.2) is 29.2 Å². The van der Waals surface area contributed by atoms with E-state index in [4.69, 9.17) is 11.6 Å². The van der Waals surface area contributed by atoms with E-state index in [1.54, 1.807) is 11.8 Å². The van der Waals surface area contributed by atoms with Gasteiger partial charge in [-0.25, -0.2) is 0 Å². The van der Waals surface area contributed by atoms with Crippen LogP contribution in [0, 0.1) is 5.41 Å². The van der Waals surface area contributed by atoms with Crippen LogP contribution in [0.3, 0.4) is 0 Å². The zero-order valence-corrected chi connectivity index (χ0v) is 13.6. The summed E-state index contributed by atoms with van der Waals surface area (Å²) in [4.78, 5) is 13.4. The van der Waals surface area contributed by atoms with Gasteiger partial charge in [0.2, 0.25) is 0 Å². The molecule has 1 aromatic rings. The number of nitrogens with one attached hydrogen (secondary N) is 1. The Morgan fingerprint density at radius 3 is 2.53 bits per heavy atom. The number of amides is 1. The minimum atomic E-state index is -0.0185. The zero-order valence-electron chi connectivity index (χ0n) is 12.0. The monoisotopic (exact) mass is 299 g/mol. The first kappa shape index (κ1) is 16.4. The summed E-state index contributed by atoms with van der Waals surface area (Å²) in [6.07, 6.45) is 2.75. The molecule has 0 heterocycles. The summed E-state index contributed by atoms with van der Waals surface area (Å²) >= 11 is 7.42. The number of thioether (sulfide) groups is 1. The Labute approximate surface area is 125 Å². The maximum Gasteiger partial charge on any atom is 0.252 e. The molecule has 0 aliphatic carbocycles. The number of hydrogen-bond donors (Lipinski definition) is 1. The lowest BCUT2D eigenvalue weighted by molar-refractivity contribution is 0.0897. The minimum Gasteiger partial charge on any atom is -0.349 e. The highest BCUT2D eigenvalue weighted by atomic mass is 35.5. The second-order valence-corrected chi connectivity index (χ2v) is 6.80. The van der Waals surface area contributed by atoms with Crippen LogP contribution in [-0.4, -0.2) is 24.1 Å². The van der Waals surface area contributed by atoms with E-state index >= 15 is 0 Å². The average Bonchev–Trinajstić information content (AvgIpc) is 2.37. The largest absolute Gasteiger partial charge is 0.349 e. The predicted molar refractivity (Wildman–Crippen MR) is 84.3 cm³/mol. The van der Waals surface area contributed by atoms with Gasteiger partial charge in [-0.2, -0.15) is 0 Å². The predicted octanol–water partition coefficient (Wildman–Crippen LogP) is 4.18.